The molecule has 1 saturated carbocycles. The van der Waals surface area contributed by atoms with Gasteiger partial charge in [-0.2, -0.15) is 4.52 Å². The van der Waals surface area contributed by atoms with E-state index >= 15 is 0 Å². The van der Waals surface area contributed by atoms with Gasteiger partial charge >= 0.3 is 0 Å². The first kappa shape index (κ1) is 23.3. The minimum Gasteiger partial charge on any atom is -0.470 e. The summed E-state index contributed by atoms with van der Waals surface area (Å²) < 4.78 is 18.2. The zero-order valence-electron chi connectivity index (χ0n) is 20.8. The van der Waals surface area contributed by atoms with Gasteiger partial charge in [0.15, 0.2) is 17.1 Å². The fraction of sp³-hybridized carbons (Fsp3) is 0.385. The van der Waals surface area contributed by atoms with Gasteiger partial charge in [-0.25, -0.2) is 0 Å². The van der Waals surface area contributed by atoms with E-state index in [-0.39, 0.29) is 12.5 Å². The highest BCUT2D eigenvalue weighted by Gasteiger charge is 2.27. The molecular formula is C26H27N7O4. The second-order valence-electron chi connectivity index (χ2n) is 9.49. The van der Waals surface area contributed by atoms with Crippen LogP contribution in [0.15, 0.2) is 51.6 Å². The zero-order valence-corrected chi connectivity index (χ0v) is 20.8. The van der Waals surface area contributed by atoms with Gasteiger partial charge in [-0.05, 0) is 37.7 Å². The standard InChI is InChI=1S/C26H27N7O4/c1-32(13-16-7-8-16)26(34)17-9-10-18(27-12-17)14-36-25-21-6-4-3-5-20(21)23-28-29-24(33(23)30-25)22-11-19(15-35-2)37-31-22/h3-6,11-12,16H,7-10,13-15H2,1-2H3. The Balaban J connectivity index is 1.25. The van der Waals surface area contributed by atoms with Crippen molar-refractivity contribution in [1.29, 1.82) is 0 Å². The van der Waals surface area contributed by atoms with Gasteiger partial charge in [0.05, 0.1) is 5.71 Å². The van der Waals surface area contributed by atoms with Gasteiger partial charge in [0, 0.05) is 49.3 Å². The molecule has 0 unspecified atom stereocenters. The Bertz CT molecular complexity index is 1530. The Morgan fingerprint density at radius 1 is 1.16 bits per heavy atom. The van der Waals surface area contributed by atoms with Crippen LogP contribution in [0.3, 0.4) is 0 Å². The second-order valence-corrected chi connectivity index (χ2v) is 9.49. The number of ether oxygens (including phenoxy) is 2. The van der Waals surface area contributed by atoms with E-state index < -0.39 is 0 Å². The molecule has 6 rings (SSSR count). The molecule has 0 radical (unpaired) electrons. The topological polar surface area (TPSA) is 120 Å². The maximum atomic E-state index is 12.7. The number of hydrogen-bond donors (Lipinski definition) is 0. The molecule has 1 aliphatic carbocycles. The van der Waals surface area contributed by atoms with E-state index in [2.05, 4.69) is 20.3 Å². The molecule has 4 aromatic rings. The van der Waals surface area contributed by atoms with Crippen molar-refractivity contribution in [3.05, 3.63) is 47.9 Å². The number of carbonyl (C=O) groups excluding carboxylic acids is 1. The van der Waals surface area contributed by atoms with Crippen molar-refractivity contribution in [1.82, 2.24) is 29.9 Å². The molecule has 2 aliphatic rings. The summed E-state index contributed by atoms with van der Waals surface area (Å²) in [5.41, 5.74) is 2.69. The molecule has 3 aromatic heterocycles. The molecule has 1 aliphatic heterocycles. The van der Waals surface area contributed by atoms with E-state index in [0.29, 0.717) is 54.2 Å². The zero-order chi connectivity index (χ0) is 25.4. The van der Waals surface area contributed by atoms with Crippen LogP contribution in [0.4, 0.5) is 0 Å². The summed E-state index contributed by atoms with van der Waals surface area (Å²) >= 11 is 0. The molecule has 1 aromatic carbocycles. The summed E-state index contributed by atoms with van der Waals surface area (Å²) in [6.45, 7) is 1.39. The summed E-state index contributed by atoms with van der Waals surface area (Å²) in [6.07, 6.45) is 5.43. The second kappa shape index (κ2) is 9.74. The fourth-order valence-corrected chi connectivity index (χ4v) is 4.46. The number of hydrogen-bond acceptors (Lipinski definition) is 9. The van der Waals surface area contributed by atoms with E-state index in [0.717, 1.165) is 28.6 Å². The number of amides is 1. The van der Waals surface area contributed by atoms with Crippen molar-refractivity contribution in [2.24, 2.45) is 10.9 Å². The van der Waals surface area contributed by atoms with Gasteiger partial charge in [0.1, 0.15) is 13.2 Å². The summed E-state index contributed by atoms with van der Waals surface area (Å²) in [5.74, 6) is 2.17. The molecule has 0 bridgehead atoms. The minimum absolute atomic E-state index is 0.0652. The van der Waals surface area contributed by atoms with Crippen molar-refractivity contribution in [3.63, 3.8) is 0 Å². The normalized spacial score (nSPS) is 15.6. The number of fused-ring (bicyclic) bond motifs is 3. The number of rotatable bonds is 9. The summed E-state index contributed by atoms with van der Waals surface area (Å²) in [5, 5.41) is 19.1. The Kier molecular flexibility index (Phi) is 6.13. The number of aromatic nitrogens is 5. The highest BCUT2D eigenvalue weighted by atomic mass is 16.5. The SMILES string of the molecule is COCc1cc(-c2nnc3c4ccccc4c(OCC4=NC=C(C(=O)N(C)CC5CC5)CC4)nn23)no1. The van der Waals surface area contributed by atoms with Crippen LogP contribution < -0.4 is 4.74 Å². The van der Waals surface area contributed by atoms with Gasteiger partial charge in [0.2, 0.25) is 11.7 Å². The maximum Gasteiger partial charge on any atom is 0.251 e. The summed E-state index contributed by atoms with van der Waals surface area (Å²) in [4.78, 5) is 19.0. The smallest absolute Gasteiger partial charge is 0.251 e. The molecule has 37 heavy (non-hydrogen) atoms. The lowest BCUT2D eigenvalue weighted by Gasteiger charge is -2.20. The summed E-state index contributed by atoms with van der Waals surface area (Å²) in [6, 6.07) is 9.50. The Hall–Kier alpha value is -4.12. The van der Waals surface area contributed by atoms with Crippen molar-refractivity contribution in [2.45, 2.75) is 32.3 Å². The number of methoxy groups -OCH3 is 1. The average molecular weight is 502 g/mol. The molecular weight excluding hydrogens is 474 g/mol. The average Bonchev–Trinajstić information content (AvgIpc) is 3.44. The number of carbonyl (C=O) groups is 1. The van der Waals surface area contributed by atoms with Gasteiger partial charge in [-0.3, -0.25) is 9.79 Å². The predicted molar refractivity (Wildman–Crippen MR) is 135 cm³/mol. The van der Waals surface area contributed by atoms with E-state index in [1.54, 1.807) is 23.9 Å². The van der Waals surface area contributed by atoms with E-state index in [1.165, 1.54) is 12.8 Å². The van der Waals surface area contributed by atoms with Crippen LogP contribution in [0.25, 0.3) is 27.9 Å². The van der Waals surface area contributed by atoms with Crippen LogP contribution in [-0.4, -0.2) is 68.8 Å². The van der Waals surface area contributed by atoms with Crippen molar-refractivity contribution < 1.29 is 18.8 Å². The highest BCUT2D eigenvalue weighted by molar-refractivity contribution is 5.98. The van der Waals surface area contributed by atoms with E-state index in [9.17, 15) is 4.79 Å². The van der Waals surface area contributed by atoms with Crippen LogP contribution in [0.1, 0.15) is 31.4 Å². The monoisotopic (exact) mass is 501 g/mol. The maximum absolute atomic E-state index is 12.7. The Morgan fingerprint density at radius 2 is 2.00 bits per heavy atom. The van der Waals surface area contributed by atoms with Gasteiger partial charge in [0.25, 0.3) is 5.91 Å². The molecule has 0 saturated heterocycles. The van der Waals surface area contributed by atoms with E-state index in [1.807, 2.05) is 36.2 Å². The quantitative estimate of drug-likeness (QED) is 0.342. The number of nitrogens with zero attached hydrogens (tertiary/aromatic N) is 7. The van der Waals surface area contributed by atoms with Gasteiger partial charge in [-0.15, -0.1) is 15.3 Å². The molecule has 11 heteroatoms. The molecule has 0 spiro atoms. The fourth-order valence-electron chi connectivity index (χ4n) is 4.46. The molecule has 1 amide bonds. The Labute approximate surface area is 212 Å². The van der Waals surface area contributed by atoms with Crippen LogP contribution in [0, 0.1) is 5.92 Å². The summed E-state index contributed by atoms with van der Waals surface area (Å²) in [7, 11) is 3.46. The first-order valence-electron chi connectivity index (χ1n) is 12.3. The molecule has 0 atom stereocenters. The van der Waals surface area contributed by atoms with Crippen molar-refractivity contribution >= 4 is 28.0 Å². The van der Waals surface area contributed by atoms with Crippen LogP contribution in [0.5, 0.6) is 5.88 Å². The first-order chi connectivity index (χ1) is 18.1. The van der Waals surface area contributed by atoms with Gasteiger partial charge in [-0.1, -0.05) is 23.4 Å². The predicted octanol–water partition coefficient (Wildman–Crippen LogP) is 3.44. The van der Waals surface area contributed by atoms with Crippen LogP contribution in [-0.2, 0) is 16.1 Å². The lowest BCUT2D eigenvalue weighted by atomic mass is 10.0. The van der Waals surface area contributed by atoms with Crippen molar-refractivity contribution in [3.8, 4) is 17.4 Å². The highest BCUT2D eigenvalue weighted by Crippen LogP contribution is 2.31. The third kappa shape index (κ3) is 4.69. The van der Waals surface area contributed by atoms with E-state index in [4.69, 9.17) is 19.1 Å². The van der Waals surface area contributed by atoms with Crippen LogP contribution >= 0.6 is 0 Å². The van der Waals surface area contributed by atoms with Gasteiger partial charge < -0.3 is 18.9 Å². The number of likely N-dealkylation sites (N-methyl/N-ethyl adjacent to an activating group) is 1. The largest absolute Gasteiger partial charge is 0.470 e. The molecule has 4 heterocycles. The third-order valence-electron chi connectivity index (χ3n) is 6.62. The molecule has 190 valence electrons. The first-order valence-corrected chi connectivity index (χ1v) is 12.3. The minimum atomic E-state index is 0.0652. The number of aliphatic imine (C=N–C) groups is 1. The van der Waals surface area contributed by atoms with Crippen LogP contribution in [0.2, 0.25) is 0 Å². The molecule has 1 fully saturated rings. The van der Waals surface area contributed by atoms with Crippen molar-refractivity contribution in [2.75, 3.05) is 27.3 Å². The third-order valence-corrected chi connectivity index (χ3v) is 6.62. The molecule has 0 N–H and O–H groups in total. The lowest BCUT2D eigenvalue weighted by Crippen LogP contribution is -2.31. The lowest BCUT2D eigenvalue weighted by molar-refractivity contribution is -0.126. The molecule has 11 nitrogen and oxygen atoms in total. The number of benzene rings is 1. The Morgan fingerprint density at radius 3 is 2.76 bits per heavy atom.